The topological polar surface area (TPSA) is 83.6 Å². The first-order valence-corrected chi connectivity index (χ1v) is 13.5. The molecule has 4 rings (SSSR count). The lowest BCUT2D eigenvalue weighted by molar-refractivity contribution is 0.0175. The first-order valence-electron chi connectivity index (χ1n) is 12.2. The number of thiazole rings is 1. The number of rotatable bonds is 6. The number of alkyl halides is 2. The fourth-order valence-corrected chi connectivity index (χ4v) is 5.47. The highest BCUT2D eigenvalue weighted by Crippen LogP contribution is 2.34. The van der Waals surface area contributed by atoms with Gasteiger partial charge in [-0.25, -0.2) is 18.6 Å². The van der Waals surface area contributed by atoms with Crippen LogP contribution in [0.25, 0.3) is 11.1 Å². The number of hydrogen-bond donors (Lipinski definition) is 2. The van der Waals surface area contributed by atoms with Gasteiger partial charge < -0.3 is 15.0 Å². The third kappa shape index (κ3) is 6.70. The molecule has 2 aromatic carbocycles. The molecule has 2 N–H and O–H groups in total. The van der Waals surface area contributed by atoms with Crippen LogP contribution in [0, 0.1) is 0 Å². The van der Waals surface area contributed by atoms with Gasteiger partial charge in [-0.1, -0.05) is 36.4 Å². The number of carbonyl (C=O) groups excluding carboxylic acids is 2. The number of likely N-dealkylation sites (tertiary alicyclic amines) is 1. The van der Waals surface area contributed by atoms with E-state index in [1.807, 2.05) is 4.90 Å². The van der Waals surface area contributed by atoms with E-state index >= 15 is 0 Å². The summed E-state index contributed by atoms with van der Waals surface area (Å²) in [4.78, 5) is 31.2. The number of hydrogen-bond acceptors (Lipinski definition) is 6. The van der Waals surface area contributed by atoms with Crippen molar-refractivity contribution >= 4 is 46.4 Å². The molecule has 0 bridgehead atoms. The van der Waals surface area contributed by atoms with E-state index in [0.717, 1.165) is 24.8 Å². The molecule has 1 saturated heterocycles. The summed E-state index contributed by atoms with van der Waals surface area (Å²) >= 11 is 6.73. The Labute approximate surface area is 229 Å². The van der Waals surface area contributed by atoms with E-state index in [4.69, 9.17) is 17.0 Å². The van der Waals surface area contributed by atoms with E-state index in [2.05, 4.69) is 15.6 Å². The van der Waals surface area contributed by atoms with Gasteiger partial charge in [0.2, 0.25) is 0 Å². The molecule has 0 saturated carbocycles. The smallest absolute Gasteiger partial charge is 0.413 e. The SMILES string of the molecule is CCOC(=O)NC(=S)N1CCC(c2nc(C(=O)Nc3ccccc3-c3cccc(C(C)(F)F)c3)cs2)CC1. The molecule has 0 aliphatic carbocycles. The molecule has 3 aromatic rings. The number of para-hydroxylation sites is 1. The van der Waals surface area contributed by atoms with Crippen LogP contribution in [0.15, 0.2) is 53.9 Å². The quantitative estimate of drug-likeness (QED) is 0.342. The van der Waals surface area contributed by atoms with Gasteiger partial charge in [-0.15, -0.1) is 11.3 Å². The lowest BCUT2D eigenvalue weighted by Crippen LogP contribution is -2.46. The average Bonchev–Trinajstić information content (AvgIpc) is 3.39. The van der Waals surface area contributed by atoms with Crippen LogP contribution in [0.1, 0.15) is 53.7 Å². The number of halogens is 2. The molecule has 2 heterocycles. The second-order valence-corrected chi connectivity index (χ2v) is 10.2. The van der Waals surface area contributed by atoms with Gasteiger partial charge in [0.25, 0.3) is 11.8 Å². The van der Waals surface area contributed by atoms with Crippen molar-refractivity contribution in [1.82, 2.24) is 15.2 Å². The molecule has 0 atom stereocenters. The molecule has 0 unspecified atom stereocenters. The van der Waals surface area contributed by atoms with Gasteiger partial charge in [0.15, 0.2) is 5.11 Å². The highest BCUT2D eigenvalue weighted by Gasteiger charge is 2.27. The van der Waals surface area contributed by atoms with E-state index in [0.29, 0.717) is 40.7 Å². The summed E-state index contributed by atoms with van der Waals surface area (Å²) in [5.41, 5.74) is 1.95. The molecule has 2 amide bonds. The summed E-state index contributed by atoms with van der Waals surface area (Å²) in [7, 11) is 0. The predicted molar refractivity (Wildman–Crippen MR) is 148 cm³/mol. The zero-order valence-corrected chi connectivity index (χ0v) is 22.6. The third-order valence-corrected chi connectivity index (χ3v) is 7.59. The van der Waals surface area contributed by atoms with Crippen LogP contribution in [-0.2, 0) is 10.7 Å². The van der Waals surface area contributed by atoms with Crippen LogP contribution in [0.2, 0.25) is 0 Å². The van der Waals surface area contributed by atoms with Crippen molar-refractivity contribution in [3.8, 4) is 11.1 Å². The summed E-state index contributed by atoms with van der Waals surface area (Å²) < 4.78 is 32.6. The zero-order valence-electron chi connectivity index (χ0n) is 21.0. The minimum absolute atomic E-state index is 0.0937. The van der Waals surface area contributed by atoms with Crippen LogP contribution in [-0.4, -0.2) is 46.7 Å². The summed E-state index contributed by atoms with van der Waals surface area (Å²) in [6.45, 7) is 4.16. The summed E-state index contributed by atoms with van der Waals surface area (Å²) in [6, 6.07) is 13.2. The second-order valence-electron chi connectivity index (χ2n) is 8.95. The molecule has 1 aliphatic rings. The average molecular weight is 559 g/mol. The van der Waals surface area contributed by atoms with Gasteiger partial charge >= 0.3 is 6.09 Å². The maximum absolute atomic E-state index is 13.9. The molecular weight excluding hydrogens is 530 g/mol. The molecule has 0 spiro atoms. The highest BCUT2D eigenvalue weighted by molar-refractivity contribution is 7.80. The van der Waals surface area contributed by atoms with Crippen LogP contribution in [0.3, 0.4) is 0 Å². The lowest BCUT2D eigenvalue weighted by Gasteiger charge is -2.32. The Morgan fingerprint density at radius 1 is 1.18 bits per heavy atom. The van der Waals surface area contributed by atoms with E-state index in [1.165, 1.54) is 23.5 Å². The highest BCUT2D eigenvalue weighted by atomic mass is 32.1. The number of alkyl carbamates (subject to hydrolysis) is 1. The van der Waals surface area contributed by atoms with Crippen LogP contribution >= 0.6 is 23.6 Å². The number of amides is 2. The van der Waals surface area contributed by atoms with Crippen molar-refractivity contribution in [2.75, 3.05) is 25.0 Å². The Bertz CT molecular complexity index is 1320. The maximum atomic E-state index is 13.9. The number of benzene rings is 2. The fraction of sp³-hybridized carbons (Fsp3) is 0.333. The Morgan fingerprint density at radius 2 is 1.92 bits per heavy atom. The molecule has 1 fully saturated rings. The number of nitrogens with zero attached hydrogens (tertiary/aromatic N) is 2. The monoisotopic (exact) mass is 558 g/mol. The largest absolute Gasteiger partial charge is 0.450 e. The van der Waals surface area contributed by atoms with Crippen LogP contribution in [0.5, 0.6) is 0 Å². The molecule has 0 radical (unpaired) electrons. The van der Waals surface area contributed by atoms with E-state index < -0.39 is 12.0 Å². The van der Waals surface area contributed by atoms with Gasteiger partial charge in [0.1, 0.15) is 5.69 Å². The van der Waals surface area contributed by atoms with Crippen LogP contribution < -0.4 is 10.6 Å². The number of carbonyl (C=O) groups is 2. The van der Waals surface area contributed by atoms with Crippen molar-refractivity contribution in [2.24, 2.45) is 0 Å². The molecule has 1 aliphatic heterocycles. The van der Waals surface area contributed by atoms with E-state index in [-0.39, 0.29) is 24.0 Å². The van der Waals surface area contributed by atoms with Crippen molar-refractivity contribution < 1.29 is 23.1 Å². The van der Waals surface area contributed by atoms with E-state index in [9.17, 15) is 18.4 Å². The fourth-order valence-electron chi connectivity index (χ4n) is 4.23. The Balaban J connectivity index is 1.40. The third-order valence-electron chi connectivity index (χ3n) is 6.23. The first-order chi connectivity index (χ1) is 18.2. The minimum Gasteiger partial charge on any atom is -0.450 e. The summed E-state index contributed by atoms with van der Waals surface area (Å²) in [6.07, 6.45) is 0.994. The Hall–Kier alpha value is -3.44. The van der Waals surface area contributed by atoms with E-state index in [1.54, 1.807) is 48.7 Å². The summed E-state index contributed by atoms with van der Waals surface area (Å²) in [5.74, 6) is -3.16. The standard InChI is InChI=1S/C27H28F2N4O3S2/c1-3-36-26(35)32-25(37)33-13-11-17(12-14-33)24-31-22(16-38-24)23(34)30-21-10-5-4-9-20(21)18-7-6-8-19(15-18)27(2,28)29/h4-10,15-17H,3,11-14H2,1-2H3,(H,30,34)(H,32,35,37). The number of ether oxygens (including phenoxy) is 1. The Morgan fingerprint density at radius 3 is 2.63 bits per heavy atom. The molecule has 7 nitrogen and oxygen atoms in total. The number of anilines is 1. The molecule has 38 heavy (non-hydrogen) atoms. The number of thiocarbonyl (C=S) groups is 1. The van der Waals surface area contributed by atoms with Gasteiger partial charge in [-0.3, -0.25) is 10.1 Å². The minimum atomic E-state index is -2.97. The molecule has 11 heteroatoms. The zero-order chi connectivity index (χ0) is 27.3. The van der Waals surface area contributed by atoms with Crippen molar-refractivity contribution in [3.05, 3.63) is 70.2 Å². The molecule has 200 valence electrons. The normalized spacial score (nSPS) is 14.2. The van der Waals surface area contributed by atoms with Gasteiger partial charge in [0, 0.05) is 48.1 Å². The van der Waals surface area contributed by atoms with Crippen molar-refractivity contribution in [3.63, 3.8) is 0 Å². The van der Waals surface area contributed by atoms with Gasteiger partial charge in [0.05, 0.1) is 11.6 Å². The first kappa shape index (κ1) is 27.6. The van der Waals surface area contributed by atoms with Crippen LogP contribution in [0.4, 0.5) is 19.3 Å². The number of aromatic nitrogens is 1. The van der Waals surface area contributed by atoms with Crippen molar-refractivity contribution in [1.29, 1.82) is 0 Å². The lowest BCUT2D eigenvalue weighted by atomic mass is 9.98. The predicted octanol–water partition coefficient (Wildman–Crippen LogP) is 6.38. The van der Waals surface area contributed by atoms with Crippen molar-refractivity contribution in [2.45, 2.75) is 38.5 Å². The molecule has 1 aromatic heterocycles. The second kappa shape index (κ2) is 12.0. The van der Waals surface area contributed by atoms with Gasteiger partial charge in [-0.05, 0) is 49.7 Å². The summed E-state index contributed by atoms with van der Waals surface area (Å²) in [5, 5.41) is 8.39. The van der Waals surface area contributed by atoms with Gasteiger partial charge in [-0.2, -0.15) is 0 Å². The number of nitrogens with one attached hydrogen (secondary N) is 2. The molecular formula is C27H28F2N4O3S2. The maximum Gasteiger partial charge on any atom is 0.413 e. The Kier molecular flexibility index (Phi) is 8.68. The number of piperidine rings is 1.